The van der Waals surface area contributed by atoms with E-state index in [0.717, 1.165) is 12.8 Å². The van der Waals surface area contributed by atoms with Crippen molar-refractivity contribution in [3.05, 3.63) is 11.6 Å². The van der Waals surface area contributed by atoms with Crippen LogP contribution in [0.5, 0.6) is 0 Å². The maximum atomic E-state index is 10.7. The van der Waals surface area contributed by atoms with E-state index in [1.165, 1.54) is 13.3 Å². The van der Waals surface area contributed by atoms with E-state index in [4.69, 9.17) is 16.2 Å². The maximum absolute atomic E-state index is 10.7. The van der Waals surface area contributed by atoms with Gasteiger partial charge < -0.3 is 20.9 Å². The summed E-state index contributed by atoms with van der Waals surface area (Å²) in [6, 6.07) is 0.372. The third-order valence-electron chi connectivity index (χ3n) is 1.83. The summed E-state index contributed by atoms with van der Waals surface area (Å²) < 4.78 is 9.25. The zero-order valence-corrected chi connectivity index (χ0v) is 8.60. The van der Waals surface area contributed by atoms with Gasteiger partial charge in [0, 0.05) is 6.21 Å². The molecule has 1 aliphatic rings. The number of rotatable bonds is 5. The summed E-state index contributed by atoms with van der Waals surface area (Å²) in [4.78, 5) is 14.8. The summed E-state index contributed by atoms with van der Waals surface area (Å²) >= 11 is 0. The molecule has 0 saturated heterocycles. The number of carbonyl (C=O) groups excluding carboxylic acids is 1. The van der Waals surface area contributed by atoms with Gasteiger partial charge in [-0.1, -0.05) is 0 Å². The van der Waals surface area contributed by atoms with Crippen molar-refractivity contribution in [2.24, 2.45) is 16.5 Å². The first-order chi connectivity index (χ1) is 7.13. The molecule has 1 aliphatic carbocycles. The van der Waals surface area contributed by atoms with Gasteiger partial charge in [-0.2, -0.15) is 0 Å². The number of aliphatic imine (C=N–C) groups is 1. The molecular weight excluding hydrogens is 198 g/mol. The highest BCUT2D eigenvalue weighted by Gasteiger charge is 2.19. The molecule has 1 saturated carbocycles. The molecule has 0 unspecified atom stereocenters. The summed E-state index contributed by atoms with van der Waals surface area (Å²) in [5.41, 5.74) is 11.2. The Morgan fingerprint density at radius 1 is 1.53 bits per heavy atom. The van der Waals surface area contributed by atoms with E-state index >= 15 is 0 Å². The Morgan fingerprint density at radius 3 is 2.73 bits per heavy atom. The van der Waals surface area contributed by atoms with Crippen LogP contribution in [-0.2, 0) is 14.3 Å². The van der Waals surface area contributed by atoms with E-state index in [1.54, 1.807) is 0 Å². The molecule has 0 radical (unpaired) electrons. The molecule has 84 valence electrons. The number of nitrogens with two attached hydrogens (primary N) is 2. The highest BCUT2D eigenvalue weighted by molar-refractivity contribution is 5.78. The van der Waals surface area contributed by atoms with Crippen LogP contribution < -0.4 is 11.5 Å². The highest BCUT2D eigenvalue weighted by Crippen LogP contribution is 2.22. The SMILES string of the molecule is COC(=O)CO/C(N)=C(\N)C=NC1CC1. The molecule has 0 atom stereocenters. The monoisotopic (exact) mass is 213 g/mol. The molecule has 6 nitrogen and oxygen atoms in total. The quantitative estimate of drug-likeness (QED) is 0.364. The van der Waals surface area contributed by atoms with Gasteiger partial charge in [0.25, 0.3) is 0 Å². The smallest absolute Gasteiger partial charge is 0.343 e. The lowest BCUT2D eigenvalue weighted by Crippen LogP contribution is -2.18. The molecule has 6 heteroatoms. The molecule has 1 rings (SSSR count). The number of methoxy groups -OCH3 is 1. The van der Waals surface area contributed by atoms with Crippen LogP contribution in [0.2, 0.25) is 0 Å². The molecule has 0 bridgehead atoms. The third-order valence-corrected chi connectivity index (χ3v) is 1.83. The second kappa shape index (κ2) is 5.23. The average molecular weight is 213 g/mol. The first-order valence-electron chi connectivity index (χ1n) is 4.61. The number of carbonyl (C=O) groups is 1. The molecule has 0 aliphatic heterocycles. The van der Waals surface area contributed by atoms with E-state index in [2.05, 4.69) is 9.73 Å². The van der Waals surface area contributed by atoms with Crippen molar-refractivity contribution in [2.45, 2.75) is 18.9 Å². The molecule has 4 N–H and O–H groups in total. The van der Waals surface area contributed by atoms with Gasteiger partial charge >= 0.3 is 5.97 Å². The normalized spacial score (nSPS) is 17.4. The van der Waals surface area contributed by atoms with Crippen LogP contribution in [0, 0.1) is 0 Å². The van der Waals surface area contributed by atoms with E-state index in [9.17, 15) is 4.79 Å². The minimum atomic E-state index is -0.509. The summed E-state index contributed by atoms with van der Waals surface area (Å²) in [5, 5.41) is 0. The Labute approximate surface area is 87.9 Å². The van der Waals surface area contributed by atoms with E-state index in [1.807, 2.05) is 0 Å². The molecular formula is C9H15N3O3. The zero-order chi connectivity index (χ0) is 11.3. The Morgan fingerprint density at radius 2 is 2.20 bits per heavy atom. The van der Waals surface area contributed by atoms with Crippen LogP contribution in [0.1, 0.15) is 12.8 Å². The minimum absolute atomic E-state index is 0.00944. The number of nitrogens with zero attached hydrogens (tertiary/aromatic N) is 1. The highest BCUT2D eigenvalue weighted by atomic mass is 16.6. The van der Waals surface area contributed by atoms with Crippen LogP contribution >= 0.6 is 0 Å². The van der Waals surface area contributed by atoms with Crippen molar-refractivity contribution in [3.8, 4) is 0 Å². The van der Waals surface area contributed by atoms with Crippen LogP contribution in [-0.4, -0.2) is 31.9 Å². The predicted molar refractivity (Wildman–Crippen MR) is 54.9 cm³/mol. The maximum Gasteiger partial charge on any atom is 0.343 e. The van der Waals surface area contributed by atoms with Crippen molar-refractivity contribution in [3.63, 3.8) is 0 Å². The Balaban J connectivity index is 2.37. The second-order valence-electron chi connectivity index (χ2n) is 3.19. The van der Waals surface area contributed by atoms with E-state index in [-0.39, 0.29) is 18.2 Å². The van der Waals surface area contributed by atoms with Crippen molar-refractivity contribution >= 4 is 12.2 Å². The molecule has 0 aromatic rings. The third kappa shape index (κ3) is 4.35. The fraction of sp³-hybridized carbons (Fsp3) is 0.556. The van der Waals surface area contributed by atoms with Crippen molar-refractivity contribution in [2.75, 3.05) is 13.7 Å². The van der Waals surface area contributed by atoms with Crippen LogP contribution in [0.15, 0.2) is 16.6 Å². The minimum Gasteiger partial charge on any atom is -0.466 e. The number of allylic oxidation sites excluding steroid dienone is 1. The van der Waals surface area contributed by atoms with Crippen LogP contribution in [0.3, 0.4) is 0 Å². The first-order valence-corrected chi connectivity index (χ1v) is 4.61. The Hall–Kier alpha value is -1.72. The van der Waals surface area contributed by atoms with Gasteiger partial charge in [-0.05, 0) is 12.8 Å². The summed E-state index contributed by atoms with van der Waals surface area (Å²) in [6.07, 6.45) is 3.64. The second-order valence-corrected chi connectivity index (χ2v) is 3.19. The molecule has 0 heterocycles. The average Bonchev–Trinajstić information content (AvgIpc) is 3.05. The summed E-state index contributed by atoms with van der Waals surface area (Å²) in [7, 11) is 1.27. The predicted octanol–water partition coefficient (Wildman–Crippen LogP) is -0.504. The van der Waals surface area contributed by atoms with Crippen molar-refractivity contribution < 1.29 is 14.3 Å². The fourth-order valence-corrected chi connectivity index (χ4v) is 0.752. The van der Waals surface area contributed by atoms with E-state index < -0.39 is 5.97 Å². The molecule has 0 amide bonds. The number of esters is 1. The zero-order valence-electron chi connectivity index (χ0n) is 8.60. The summed E-state index contributed by atoms with van der Waals surface area (Å²) in [6.45, 7) is -0.250. The van der Waals surface area contributed by atoms with Gasteiger partial charge in [0.2, 0.25) is 5.88 Å². The standard InChI is InChI=1S/C9H15N3O3/c1-14-8(13)5-15-9(11)7(10)4-12-6-2-3-6/h4,6H,2-3,5,10-11H2,1H3/b9-7-,12-4?. The molecule has 0 aromatic carbocycles. The lowest BCUT2D eigenvalue weighted by molar-refractivity contribution is -0.144. The number of hydrogen-bond acceptors (Lipinski definition) is 6. The van der Waals surface area contributed by atoms with Gasteiger partial charge in [-0.3, -0.25) is 4.99 Å². The van der Waals surface area contributed by atoms with Gasteiger partial charge in [0.05, 0.1) is 13.2 Å². The molecule has 15 heavy (non-hydrogen) atoms. The lowest BCUT2D eigenvalue weighted by atomic mass is 10.5. The largest absolute Gasteiger partial charge is 0.466 e. The van der Waals surface area contributed by atoms with Gasteiger partial charge in [-0.15, -0.1) is 0 Å². The Kier molecular flexibility index (Phi) is 3.96. The number of ether oxygens (including phenoxy) is 2. The van der Waals surface area contributed by atoms with Gasteiger partial charge in [0.15, 0.2) is 6.61 Å². The van der Waals surface area contributed by atoms with Gasteiger partial charge in [0.1, 0.15) is 5.70 Å². The van der Waals surface area contributed by atoms with Crippen LogP contribution in [0.25, 0.3) is 0 Å². The van der Waals surface area contributed by atoms with E-state index in [0.29, 0.717) is 6.04 Å². The molecule has 0 spiro atoms. The van der Waals surface area contributed by atoms with Crippen molar-refractivity contribution in [1.29, 1.82) is 0 Å². The first kappa shape index (κ1) is 11.4. The lowest BCUT2D eigenvalue weighted by Gasteiger charge is -2.05. The Bertz CT molecular complexity index is 295. The fourth-order valence-electron chi connectivity index (χ4n) is 0.752. The molecule has 1 fully saturated rings. The topological polar surface area (TPSA) is 99.9 Å². The van der Waals surface area contributed by atoms with Crippen LogP contribution in [0.4, 0.5) is 0 Å². The summed E-state index contributed by atoms with van der Waals surface area (Å²) in [5.74, 6) is -0.519. The molecule has 0 aromatic heterocycles. The van der Waals surface area contributed by atoms with Crippen molar-refractivity contribution in [1.82, 2.24) is 0 Å². The van der Waals surface area contributed by atoms with Gasteiger partial charge in [-0.25, -0.2) is 4.79 Å². The number of hydrogen-bond donors (Lipinski definition) is 2.